The number of aryl methyl sites for hydroxylation is 2. The van der Waals surface area contributed by atoms with E-state index in [2.05, 4.69) is 54.7 Å². The first-order valence-corrected chi connectivity index (χ1v) is 6.06. The lowest BCUT2D eigenvalue weighted by atomic mass is 10.1. The molecular weight excluding hydrogens is 210 g/mol. The summed E-state index contributed by atoms with van der Waals surface area (Å²) < 4.78 is 1.95. The van der Waals surface area contributed by atoms with Crippen molar-refractivity contribution in [3.05, 3.63) is 53.3 Å². The Hall–Kier alpha value is -1.61. The zero-order chi connectivity index (χ0) is 12.1. The van der Waals surface area contributed by atoms with Gasteiger partial charge < -0.3 is 5.32 Å². The second-order valence-electron chi connectivity index (χ2n) is 4.23. The summed E-state index contributed by atoms with van der Waals surface area (Å²) in [6.07, 6.45) is 4.01. The average Bonchev–Trinajstić information content (AvgIpc) is 2.80. The van der Waals surface area contributed by atoms with Crippen molar-refractivity contribution >= 4 is 0 Å². The molecule has 1 aromatic carbocycles. The molecular formula is C14H19N3. The smallest absolute Gasteiger partial charge is 0.0534 e. The lowest BCUT2D eigenvalue weighted by molar-refractivity contribution is 0.655. The van der Waals surface area contributed by atoms with Gasteiger partial charge in [-0.1, -0.05) is 24.3 Å². The first kappa shape index (κ1) is 11.9. The monoisotopic (exact) mass is 229 g/mol. The summed E-state index contributed by atoms with van der Waals surface area (Å²) in [5.41, 5.74) is 3.93. The fourth-order valence-corrected chi connectivity index (χ4v) is 1.82. The lowest BCUT2D eigenvalue weighted by Crippen LogP contribution is -2.13. The number of nitrogens with zero attached hydrogens (tertiary/aromatic N) is 2. The normalized spacial score (nSPS) is 10.7. The van der Waals surface area contributed by atoms with Gasteiger partial charge >= 0.3 is 0 Å². The Balaban J connectivity index is 1.85. The zero-order valence-electron chi connectivity index (χ0n) is 10.5. The van der Waals surface area contributed by atoms with Gasteiger partial charge in [0, 0.05) is 31.4 Å². The molecule has 1 N–H and O–H groups in total. The third kappa shape index (κ3) is 3.17. The van der Waals surface area contributed by atoms with Crippen LogP contribution in [0.1, 0.15) is 23.6 Å². The number of benzene rings is 1. The largest absolute Gasteiger partial charge is 0.308 e. The summed E-state index contributed by atoms with van der Waals surface area (Å²) in [6.45, 7) is 6.94. The van der Waals surface area contributed by atoms with E-state index in [0.29, 0.717) is 0 Å². The highest BCUT2D eigenvalue weighted by Gasteiger charge is 1.99. The van der Waals surface area contributed by atoms with Crippen LogP contribution in [0, 0.1) is 6.92 Å². The molecule has 90 valence electrons. The lowest BCUT2D eigenvalue weighted by Gasteiger charge is -2.06. The van der Waals surface area contributed by atoms with E-state index < -0.39 is 0 Å². The molecule has 17 heavy (non-hydrogen) atoms. The molecule has 0 saturated heterocycles. The molecule has 0 spiro atoms. The van der Waals surface area contributed by atoms with Crippen molar-refractivity contribution in [2.24, 2.45) is 0 Å². The highest BCUT2D eigenvalue weighted by atomic mass is 15.3. The van der Waals surface area contributed by atoms with Crippen LogP contribution in [0.3, 0.4) is 0 Å². The third-order valence-corrected chi connectivity index (χ3v) is 2.92. The van der Waals surface area contributed by atoms with Gasteiger partial charge in [-0.05, 0) is 25.0 Å². The van der Waals surface area contributed by atoms with E-state index in [-0.39, 0.29) is 0 Å². The highest BCUT2D eigenvalue weighted by Crippen LogP contribution is 2.06. The molecule has 2 rings (SSSR count). The van der Waals surface area contributed by atoms with Gasteiger partial charge in [-0.25, -0.2) is 0 Å². The van der Waals surface area contributed by atoms with Gasteiger partial charge in [0.15, 0.2) is 0 Å². The maximum atomic E-state index is 4.25. The van der Waals surface area contributed by atoms with Crippen LogP contribution in [0.2, 0.25) is 0 Å². The maximum Gasteiger partial charge on any atom is 0.0534 e. The van der Waals surface area contributed by atoms with E-state index in [0.717, 1.165) is 19.6 Å². The van der Waals surface area contributed by atoms with Gasteiger partial charge in [-0.3, -0.25) is 4.68 Å². The summed E-state index contributed by atoms with van der Waals surface area (Å²) in [5.74, 6) is 0. The number of nitrogens with one attached hydrogen (secondary N) is 1. The van der Waals surface area contributed by atoms with E-state index in [1.165, 1.54) is 16.7 Å². The van der Waals surface area contributed by atoms with Crippen molar-refractivity contribution in [3.63, 3.8) is 0 Å². The van der Waals surface area contributed by atoms with E-state index in [1.54, 1.807) is 0 Å². The van der Waals surface area contributed by atoms with Gasteiger partial charge in [0.05, 0.1) is 6.20 Å². The third-order valence-electron chi connectivity index (χ3n) is 2.92. The zero-order valence-corrected chi connectivity index (χ0v) is 10.5. The molecule has 0 amide bonds. The van der Waals surface area contributed by atoms with Gasteiger partial charge in [0.2, 0.25) is 0 Å². The van der Waals surface area contributed by atoms with Crippen LogP contribution in [0.15, 0.2) is 36.7 Å². The topological polar surface area (TPSA) is 29.9 Å². The second-order valence-corrected chi connectivity index (χ2v) is 4.23. The minimum absolute atomic E-state index is 0.869. The van der Waals surface area contributed by atoms with Gasteiger partial charge in [-0.2, -0.15) is 5.10 Å². The van der Waals surface area contributed by atoms with Crippen molar-refractivity contribution < 1.29 is 0 Å². The van der Waals surface area contributed by atoms with Crippen LogP contribution < -0.4 is 5.32 Å². The van der Waals surface area contributed by atoms with E-state index >= 15 is 0 Å². The fourth-order valence-electron chi connectivity index (χ4n) is 1.82. The molecule has 0 bridgehead atoms. The Bertz CT molecular complexity index is 474. The van der Waals surface area contributed by atoms with Gasteiger partial charge in [-0.15, -0.1) is 0 Å². The van der Waals surface area contributed by atoms with Gasteiger partial charge in [0.1, 0.15) is 0 Å². The summed E-state index contributed by atoms with van der Waals surface area (Å²) >= 11 is 0. The SMILES string of the molecule is CCn1cc(CNCc2ccccc2C)cn1. The number of hydrogen-bond donors (Lipinski definition) is 1. The minimum Gasteiger partial charge on any atom is -0.308 e. The Kier molecular flexibility index (Phi) is 3.94. The molecule has 0 saturated carbocycles. The Morgan fingerprint density at radius 2 is 2.06 bits per heavy atom. The van der Waals surface area contributed by atoms with Crippen molar-refractivity contribution in [3.8, 4) is 0 Å². The summed E-state index contributed by atoms with van der Waals surface area (Å²) in [6, 6.07) is 8.47. The molecule has 0 radical (unpaired) electrons. The average molecular weight is 229 g/mol. The number of hydrogen-bond acceptors (Lipinski definition) is 2. The van der Waals surface area contributed by atoms with Crippen molar-refractivity contribution in [1.82, 2.24) is 15.1 Å². The fraction of sp³-hybridized carbons (Fsp3) is 0.357. The Labute approximate surface area is 102 Å². The molecule has 2 aromatic rings. The van der Waals surface area contributed by atoms with Crippen LogP contribution in [0.5, 0.6) is 0 Å². The second kappa shape index (κ2) is 5.64. The maximum absolute atomic E-state index is 4.25. The van der Waals surface area contributed by atoms with Crippen LogP contribution in [0.4, 0.5) is 0 Å². The van der Waals surface area contributed by atoms with Crippen LogP contribution in [-0.2, 0) is 19.6 Å². The van der Waals surface area contributed by atoms with Crippen LogP contribution in [-0.4, -0.2) is 9.78 Å². The molecule has 3 nitrogen and oxygen atoms in total. The van der Waals surface area contributed by atoms with Gasteiger partial charge in [0.25, 0.3) is 0 Å². The van der Waals surface area contributed by atoms with Crippen LogP contribution in [0.25, 0.3) is 0 Å². The van der Waals surface area contributed by atoms with E-state index in [1.807, 2.05) is 10.9 Å². The Morgan fingerprint density at radius 1 is 1.24 bits per heavy atom. The predicted octanol–water partition coefficient (Wildman–Crippen LogP) is 2.50. The van der Waals surface area contributed by atoms with Crippen LogP contribution >= 0.6 is 0 Å². The standard InChI is InChI=1S/C14H19N3/c1-3-17-11-13(9-16-17)8-15-10-14-7-5-4-6-12(14)2/h4-7,9,11,15H,3,8,10H2,1-2H3. The van der Waals surface area contributed by atoms with Crippen molar-refractivity contribution in [2.75, 3.05) is 0 Å². The molecule has 0 unspecified atom stereocenters. The minimum atomic E-state index is 0.869. The molecule has 3 heteroatoms. The van der Waals surface area contributed by atoms with Crippen molar-refractivity contribution in [1.29, 1.82) is 0 Å². The summed E-state index contributed by atoms with van der Waals surface area (Å²) in [4.78, 5) is 0. The highest BCUT2D eigenvalue weighted by molar-refractivity contribution is 5.25. The molecule has 0 aliphatic carbocycles. The summed E-state index contributed by atoms with van der Waals surface area (Å²) in [7, 11) is 0. The Morgan fingerprint density at radius 3 is 2.76 bits per heavy atom. The predicted molar refractivity (Wildman–Crippen MR) is 69.6 cm³/mol. The first-order valence-electron chi connectivity index (χ1n) is 6.06. The number of aromatic nitrogens is 2. The molecule has 0 aliphatic heterocycles. The first-order chi connectivity index (χ1) is 8.29. The van der Waals surface area contributed by atoms with Crippen molar-refractivity contribution in [2.45, 2.75) is 33.5 Å². The quantitative estimate of drug-likeness (QED) is 0.853. The molecule has 0 fully saturated rings. The number of rotatable bonds is 5. The molecule has 1 aromatic heterocycles. The molecule has 1 heterocycles. The van der Waals surface area contributed by atoms with E-state index in [4.69, 9.17) is 0 Å². The molecule has 0 aliphatic rings. The summed E-state index contributed by atoms with van der Waals surface area (Å²) in [5, 5.41) is 7.70. The van der Waals surface area contributed by atoms with E-state index in [9.17, 15) is 0 Å². The molecule has 0 atom stereocenters.